The molecule has 2 atom stereocenters. The molecular weight excluding hydrogens is 254 g/mol. The van der Waals surface area contributed by atoms with Gasteiger partial charge in [-0.2, -0.15) is 0 Å². The van der Waals surface area contributed by atoms with Crippen LogP contribution >= 0.6 is 11.5 Å². The van der Waals surface area contributed by atoms with Crippen molar-refractivity contribution in [3.63, 3.8) is 0 Å². The van der Waals surface area contributed by atoms with E-state index >= 15 is 0 Å². The van der Waals surface area contributed by atoms with Gasteiger partial charge in [-0.3, -0.25) is 9.59 Å². The molecule has 1 amide bonds. The minimum atomic E-state index is -0.776. The summed E-state index contributed by atoms with van der Waals surface area (Å²) in [7, 11) is 0. The van der Waals surface area contributed by atoms with Crippen LogP contribution in [0.3, 0.4) is 0 Å². The Morgan fingerprint density at radius 3 is 2.72 bits per heavy atom. The molecule has 0 saturated carbocycles. The topological polar surface area (TPSA) is 92.2 Å². The third-order valence-corrected chi connectivity index (χ3v) is 3.32. The molecule has 0 aliphatic rings. The van der Waals surface area contributed by atoms with Crippen LogP contribution in [-0.4, -0.2) is 32.6 Å². The highest BCUT2D eigenvalue weighted by atomic mass is 32.1. The second-order valence-corrected chi connectivity index (χ2v) is 5.11. The summed E-state index contributed by atoms with van der Waals surface area (Å²) in [5, 5.41) is 15.2. The molecule has 0 aromatic carbocycles. The van der Waals surface area contributed by atoms with Gasteiger partial charge in [0.05, 0.1) is 12.1 Å². The van der Waals surface area contributed by atoms with Crippen LogP contribution < -0.4 is 5.32 Å². The zero-order valence-corrected chi connectivity index (χ0v) is 11.2. The Balaban J connectivity index is 2.24. The normalized spacial score (nSPS) is 13.9. The highest BCUT2D eigenvalue weighted by molar-refractivity contribution is 7.07. The van der Waals surface area contributed by atoms with Crippen LogP contribution in [0.2, 0.25) is 0 Å². The minimum absolute atomic E-state index is 0.0144. The predicted molar refractivity (Wildman–Crippen MR) is 67.5 cm³/mol. The first-order valence-corrected chi connectivity index (χ1v) is 6.59. The van der Waals surface area contributed by atoms with Crippen molar-refractivity contribution in [2.75, 3.05) is 0 Å². The summed E-state index contributed by atoms with van der Waals surface area (Å²) in [6.45, 7) is 3.59. The summed E-state index contributed by atoms with van der Waals surface area (Å²) in [6.07, 6.45) is 3.59. The van der Waals surface area contributed by atoms with Gasteiger partial charge in [-0.05, 0) is 31.3 Å². The molecule has 0 saturated heterocycles. The van der Waals surface area contributed by atoms with Crippen LogP contribution in [0.1, 0.15) is 42.8 Å². The van der Waals surface area contributed by atoms with Crippen molar-refractivity contribution in [1.82, 2.24) is 14.9 Å². The van der Waals surface area contributed by atoms with E-state index < -0.39 is 5.97 Å². The van der Waals surface area contributed by atoms with Gasteiger partial charge in [-0.15, -0.1) is 5.10 Å². The van der Waals surface area contributed by atoms with Gasteiger partial charge in [-0.1, -0.05) is 17.8 Å². The predicted octanol–water partition coefficient (Wildman–Crippen LogP) is 1.55. The third kappa shape index (κ3) is 4.79. The van der Waals surface area contributed by atoms with Gasteiger partial charge < -0.3 is 10.4 Å². The number of aromatic nitrogens is 2. The first-order chi connectivity index (χ1) is 8.50. The molecule has 6 nitrogen and oxygen atoms in total. The maximum Gasteiger partial charge on any atom is 0.306 e. The van der Waals surface area contributed by atoms with Crippen LogP contribution in [0.4, 0.5) is 0 Å². The maximum absolute atomic E-state index is 11.6. The molecule has 0 aliphatic carbocycles. The number of aliphatic carboxylic acids is 1. The standard InChI is InChI=1S/C11H17N3O3S/c1-7(11(16)17)4-3-5-8(2)13-10(15)9-6-12-14-18-9/h6-8H,3-5H2,1-2H3,(H,13,15)(H,16,17). The lowest BCUT2D eigenvalue weighted by molar-refractivity contribution is -0.141. The smallest absolute Gasteiger partial charge is 0.306 e. The van der Waals surface area contributed by atoms with E-state index in [-0.39, 0.29) is 17.9 Å². The summed E-state index contributed by atoms with van der Waals surface area (Å²) >= 11 is 1.05. The molecule has 1 aromatic heterocycles. The van der Waals surface area contributed by atoms with Crippen molar-refractivity contribution >= 4 is 23.4 Å². The van der Waals surface area contributed by atoms with E-state index in [9.17, 15) is 9.59 Å². The van der Waals surface area contributed by atoms with Gasteiger partial charge in [0.25, 0.3) is 5.91 Å². The van der Waals surface area contributed by atoms with Crippen LogP contribution in [0.15, 0.2) is 6.20 Å². The quantitative estimate of drug-likeness (QED) is 0.785. The van der Waals surface area contributed by atoms with Gasteiger partial charge >= 0.3 is 5.97 Å². The van der Waals surface area contributed by atoms with Gasteiger partial charge in [0.1, 0.15) is 4.88 Å². The number of nitrogens with zero attached hydrogens (tertiary/aromatic N) is 2. The highest BCUT2D eigenvalue weighted by Crippen LogP contribution is 2.10. The largest absolute Gasteiger partial charge is 0.481 e. The Morgan fingerprint density at radius 1 is 1.44 bits per heavy atom. The molecule has 0 fully saturated rings. The van der Waals surface area contributed by atoms with Crippen LogP contribution in [0.25, 0.3) is 0 Å². The van der Waals surface area contributed by atoms with Gasteiger partial charge in [0.2, 0.25) is 0 Å². The highest BCUT2D eigenvalue weighted by Gasteiger charge is 2.14. The Bertz CT molecular complexity index is 394. The summed E-state index contributed by atoms with van der Waals surface area (Å²) in [4.78, 5) is 22.8. The fourth-order valence-electron chi connectivity index (χ4n) is 1.49. The fourth-order valence-corrected chi connectivity index (χ4v) is 1.91. The molecular formula is C11H17N3O3S. The molecule has 18 heavy (non-hydrogen) atoms. The number of carboxylic acids is 1. The zero-order chi connectivity index (χ0) is 13.5. The summed E-state index contributed by atoms with van der Waals surface area (Å²) in [5.41, 5.74) is 0. The third-order valence-electron chi connectivity index (χ3n) is 2.66. The van der Waals surface area contributed by atoms with E-state index in [1.165, 1.54) is 6.20 Å². The van der Waals surface area contributed by atoms with Crippen molar-refractivity contribution < 1.29 is 14.7 Å². The van der Waals surface area contributed by atoms with Crippen molar-refractivity contribution in [2.24, 2.45) is 5.92 Å². The van der Waals surface area contributed by atoms with E-state index in [0.717, 1.165) is 24.4 Å². The van der Waals surface area contributed by atoms with Crippen molar-refractivity contribution in [3.05, 3.63) is 11.1 Å². The Morgan fingerprint density at radius 2 is 2.17 bits per heavy atom. The second-order valence-electron chi connectivity index (χ2n) is 4.33. The number of nitrogens with one attached hydrogen (secondary N) is 1. The van der Waals surface area contributed by atoms with Crippen LogP contribution in [-0.2, 0) is 4.79 Å². The summed E-state index contributed by atoms with van der Waals surface area (Å²) in [5.74, 6) is -1.29. The molecule has 0 aliphatic heterocycles. The molecule has 1 aromatic rings. The average Bonchev–Trinajstić information content (AvgIpc) is 2.81. The first kappa shape index (κ1) is 14.6. The first-order valence-electron chi connectivity index (χ1n) is 5.81. The monoisotopic (exact) mass is 271 g/mol. The lowest BCUT2D eigenvalue weighted by Gasteiger charge is -2.13. The van der Waals surface area contributed by atoms with Crippen molar-refractivity contribution in [3.8, 4) is 0 Å². The SMILES string of the molecule is CC(CCCC(C)C(=O)O)NC(=O)c1cnns1. The fraction of sp³-hybridized carbons (Fsp3) is 0.636. The molecule has 0 radical (unpaired) electrons. The number of carbonyl (C=O) groups excluding carboxylic acids is 1. The van der Waals surface area contributed by atoms with Gasteiger partial charge in [0.15, 0.2) is 0 Å². The lowest BCUT2D eigenvalue weighted by atomic mass is 10.0. The Labute approximate surface area is 110 Å². The Hall–Kier alpha value is -1.50. The minimum Gasteiger partial charge on any atom is -0.481 e. The lowest BCUT2D eigenvalue weighted by Crippen LogP contribution is -2.32. The van der Waals surface area contributed by atoms with Crippen LogP contribution in [0, 0.1) is 5.92 Å². The number of carboxylic acid groups (broad SMARTS) is 1. The number of amides is 1. The van der Waals surface area contributed by atoms with E-state index in [4.69, 9.17) is 5.11 Å². The number of carbonyl (C=O) groups is 2. The van der Waals surface area contributed by atoms with Gasteiger partial charge in [0, 0.05) is 6.04 Å². The van der Waals surface area contributed by atoms with Crippen molar-refractivity contribution in [1.29, 1.82) is 0 Å². The average molecular weight is 271 g/mol. The molecule has 1 heterocycles. The number of hydrogen-bond donors (Lipinski definition) is 2. The number of rotatable bonds is 7. The second kappa shape index (κ2) is 7.05. The molecule has 0 bridgehead atoms. The van der Waals surface area contributed by atoms with E-state index in [1.807, 2.05) is 6.92 Å². The molecule has 0 spiro atoms. The molecule has 1 rings (SSSR count). The zero-order valence-electron chi connectivity index (χ0n) is 10.4. The van der Waals surface area contributed by atoms with Crippen LogP contribution in [0.5, 0.6) is 0 Å². The maximum atomic E-state index is 11.6. The molecule has 2 unspecified atom stereocenters. The van der Waals surface area contributed by atoms with E-state index in [2.05, 4.69) is 14.9 Å². The molecule has 100 valence electrons. The molecule has 2 N–H and O–H groups in total. The van der Waals surface area contributed by atoms with E-state index in [1.54, 1.807) is 6.92 Å². The van der Waals surface area contributed by atoms with Gasteiger partial charge in [-0.25, -0.2) is 0 Å². The van der Waals surface area contributed by atoms with Crippen molar-refractivity contribution in [2.45, 2.75) is 39.2 Å². The van der Waals surface area contributed by atoms with E-state index in [0.29, 0.717) is 11.3 Å². The summed E-state index contributed by atoms with van der Waals surface area (Å²) < 4.78 is 3.62. The summed E-state index contributed by atoms with van der Waals surface area (Å²) in [6, 6.07) is 0.0144. The Kier molecular flexibility index (Phi) is 5.70. The molecule has 7 heteroatoms. The number of hydrogen-bond acceptors (Lipinski definition) is 5.